The zero-order valence-electron chi connectivity index (χ0n) is 20.4. The summed E-state index contributed by atoms with van der Waals surface area (Å²) in [6.45, 7) is 8.61. The summed E-state index contributed by atoms with van der Waals surface area (Å²) in [6, 6.07) is 4.04. The molecule has 5 heterocycles. The van der Waals surface area contributed by atoms with E-state index < -0.39 is 11.5 Å². The summed E-state index contributed by atoms with van der Waals surface area (Å²) in [7, 11) is 0. The van der Waals surface area contributed by atoms with Crippen LogP contribution in [0.25, 0.3) is 11.2 Å². The molecule has 188 valence electrons. The highest BCUT2D eigenvalue weighted by Gasteiger charge is 2.32. The number of nitrogens with zero attached hydrogens (tertiary/aromatic N) is 6. The molecule has 2 aliphatic rings. The maximum absolute atomic E-state index is 12.9. The zero-order chi connectivity index (χ0) is 25.2. The molecule has 2 fully saturated rings. The highest BCUT2D eigenvalue weighted by atomic mass is 35.5. The Morgan fingerprint density at radius 1 is 1.14 bits per heavy atom. The van der Waals surface area contributed by atoms with Crippen LogP contribution in [0.2, 0.25) is 5.02 Å². The van der Waals surface area contributed by atoms with Crippen molar-refractivity contribution in [1.82, 2.24) is 29.6 Å². The number of fused-ring (bicyclic) bond motifs is 1. The molecule has 11 heteroatoms. The summed E-state index contributed by atoms with van der Waals surface area (Å²) in [5.41, 5.74) is 1.06. The van der Waals surface area contributed by atoms with Crippen molar-refractivity contribution in [3.8, 4) is 0 Å². The maximum Gasteiger partial charge on any atom is 0.300 e. The van der Waals surface area contributed by atoms with Gasteiger partial charge in [-0.3, -0.25) is 14.3 Å². The van der Waals surface area contributed by atoms with Crippen LogP contribution in [-0.2, 0) is 15.1 Å². The van der Waals surface area contributed by atoms with Crippen LogP contribution >= 0.6 is 11.6 Å². The van der Waals surface area contributed by atoms with Gasteiger partial charge in [-0.1, -0.05) is 11.6 Å². The second-order valence-corrected chi connectivity index (χ2v) is 10.1. The number of aromatic nitrogens is 5. The number of carbonyl (C=O) groups is 2. The molecule has 0 saturated carbocycles. The van der Waals surface area contributed by atoms with Crippen molar-refractivity contribution in [3.63, 3.8) is 0 Å². The molecule has 0 bridgehead atoms. The number of carboxylic acids is 1. The van der Waals surface area contributed by atoms with E-state index in [-0.39, 0.29) is 5.92 Å². The minimum atomic E-state index is -0.833. The fourth-order valence-corrected chi connectivity index (χ4v) is 4.78. The minimum Gasteiger partial charge on any atom is -0.481 e. The number of carboxylic acid groups (broad SMARTS) is 1. The molecule has 0 aliphatic carbocycles. The number of aromatic amines is 1. The quantitative estimate of drug-likeness (QED) is 0.561. The number of amides is 1. The van der Waals surface area contributed by atoms with Gasteiger partial charge in [0, 0.05) is 39.3 Å². The number of rotatable bonds is 4. The van der Waals surface area contributed by atoms with Crippen LogP contribution in [-0.4, -0.2) is 72.8 Å². The molecule has 0 spiro atoms. The highest BCUT2D eigenvalue weighted by Crippen LogP contribution is 2.28. The van der Waals surface area contributed by atoms with Crippen LogP contribution in [0.4, 0.5) is 5.82 Å². The van der Waals surface area contributed by atoms with Crippen molar-refractivity contribution in [2.24, 2.45) is 5.92 Å². The number of imidazole rings is 1. The fraction of sp³-hybridized carbons (Fsp3) is 0.542. The van der Waals surface area contributed by atoms with Gasteiger partial charge in [0.1, 0.15) is 17.2 Å². The van der Waals surface area contributed by atoms with Gasteiger partial charge in [0.05, 0.1) is 22.7 Å². The molecule has 35 heavy (non-hydrogen) atoms. The fourth-order valence-electron chi connectivity index (χ4n) is 4.65. The first-order chi connectivity index (χ1) is 16.6. The molecule has 0 unspecified atom stereocenters. The Hall–Kier alpha value is -3.14. The number of halogens is 1. The Balaban J connectivity index is 0.000000672. The third kappa shape index (κ3) is 5.58. The van der Waals surface area contributed by atoms with Gasteiger partial charge in [0.15, 0.2) is 5.65 Å². The Morgan fingerprint density at radius 2 is 1.86 bits per heavy atom. The Bertz CT molecular complexity index is 1190. The lowest BCUT2D eigenvalue weighted by atomic mass is 9.96. The largest absolute Gasteiger partial charge is 0.481 e. The predicted octanol–water partition coefficient (Wildman–Crippen LogP) is 3.52. The van der Waals surface area contributed by atoms with E-state index in [0.29, 0.717) is 16.6 Å². The van der Waals surface area contributed by atoms with Crippen molar-refractivity contribution >= 4 is 40.5 Å². The number of pyridine rings is 1. The molecule has 0 radical (unpaired) electrons. The van der Waals surface area contributed by atoms with Gasteiger partial charge in [-0.2, -0.15) is 5.10 Å². The van der Waals surface area contributed by atoms with E-state index in [1.807, 2.05) is 30.9 Å². The number of hydrogen-bond acceptors (Lipinski definition) is 6. The van der Waals surface area contributed by atoms with E-state index in [1.54, 1.807) is 17.1 Å². The van der Waals surface area contributed by atoms with Crippen LogP contribution < -0.4 is 4.90 Å². The number of carbonyl (C=O) groups excluding carboxylic acids is 1. The second-order valence-electron chi connectivity index (χ2n) is 9.62. The number of nitrogens with one attached hydrogen (secondary N) is 1. The Morgan fingerprint density at radius 3 is 2.51 bits per heavy atom. The molecule has 10 nitrogen and oxygen atoms in total. The van der Waals surface area contributed by atoms with E-state index in [2.05, 4.69) is 15.0 Å². The van der Waals surface area contributed by atoms with Crippen molar-refractivity contribution in [2.75, 3.05) is 31.1 Å². The molecule has 5 rings (SSSR count). The first-order valence-corrected chi connectivity index (χ1v) is 12.3. The molecule has 3 aromatic heterocycles. The van der Waals surface area contributed by atoms with E-state index in [9.17, 15) is 4.79 Å². The van der Waals surface area contributed by atoms with Crippen LogP contribution in [0.3, 0.4) is 0 Å². The average Bonchev–Trinajstić information content (AvgIpc) is 3.58. The Kier molecular flexibility index (Phi) is 7.30. The SMILES string of the molecule is CC(=O)O.CC(C)(c1nc2nc(N3CCC[C@@H](C(=O)N4CCCC4)C3)ccc2[nH]1)n1cc(Cl)cn1. The third-order valence-corrected chi connectivity index (χ3v) is 6.74. The number of anilines is 1. The van der Waals surface area contributed by atoms with Crippen LogP contribution in [0.1, 0.15) is 52.3 Å². The predicted molar refractivity (Wildman–Crippen MR) is 134 cm³/mol. The van der Waals surface area contributed by atoms with E-state index in [1.165, 1.54) is 0 Å². The first-order valence-electron chi connectivity index (χ1n) is 12.0. The lowest BCUT2D eigenvalue weighted by molar-refractivity contribution is -0.135. The summed E-state index contributed by atoms with van der Waals surface area (Å²) in [6.07, 6.45) is 7.63. The van der Waals surface area contributed by atoms with Gasteiger partial charge in [-0.15, -0.1) is 0 Å². The highest BCUT2D eigenvalue weighted by molar-refractivity contribution is 6.30. The molecular formula is C24H32ClN7O3. The lowest BCUT2D eigenvalue weighted by Gasteiger charge is -2.34. The summed E-state index contributed by atoms with van der Waals surface area (Å²) in [5.74, 6) is 1.18. The Labute approximate surface area is 209 Å². The summed E-state index contributed by atoms with van der Waals surface area (Å²) < 4.78 is 1.80. The van der Waals surface area contributed by atoms with Crippen molar-refractivity contribution in [1.29, 1.82) is 0 Å². The zero-order valence-corrected chi connectivity index (χ0v) is 21.1. The van der Waals surface area contributed by atoms with Crippen LogP contribution in [0.5, 0.6) is 0 Å². The van der Waals surface area contributed by atoms with Crippen molar-refractivity contribution in [2.45, 2.75) is 52.0 Å². The van der Waals surface area contributed by atoms with E-state index in [0.717, 1.165) is 75.9 Å². The monoisotopic (exact) mass is 501 g/mol. The summed E-state index contributed by atoms with van der Waals surface area (Å²) >= 11 is 6.06. The molecule has 3 aromatic rings. The number of hydrogen-bond donors (Lipinski definition) is 2. The van der Waals surface area contributed by atoms with Gasteiger partial charge >= 0.3 is 0 Å². The number of likely N-dealkylation sites (tertiary alicyclic amines) is 1. The average molecular weight is 502 g/mol. The number of H-pyrrole nitrogens is 1. The van der Waals surface area contributed by atoms with Crippen LogP contribution in [0, 0.1) is 5.92 Å². The molecule has 2 N–H and O–H groups in total. The topological polar surface area (TPSA) is 120 Å². The molecule has 0 aromatic carbocycles. The number of piperidine rings is 1. The molecule has 2 aliphatic heterocycles. The van der Waals surface area contributed by atoms with E-state index in [4.69, 9.17) is 31.5 Å². The van der Waals surface area contributed by atoms with Gasteiger partial charge in [-0.25, -0.2) is 9.97 Å². The molecule has 2 saturated heterocycles. The van der Waals surface area contributed by atoms with Gasteiger partial charge < -0.3 is 19.9 Å². The summed E-state index contributed by atoms with van der Waals surface area (Å²) in [4.78, 5) is 39.1. The normalized spacial score (nSPS) is 18.5. The minimum absolute atomic E-state index is 0.0580. The summed E-state index contributed by atoms with van der Waals surface area (Å²) in [5, 5.41) is 12.3. The smallest absolute Gasteiger partial charge is 0.300 e. The van der Waals surface area contributed by atoms with Crippen LogP contribution in [0.15, 0.2) is 24.5 Å². The molecule has 1 amide bonds. The van der Waals surface area contributed by atoms with Gasteiger partial charge in [-0.05, 0) is 51.7 Å². The molecular weight excluding hydrogens is 470 g/mol. The standard InChI is InChI=1S/C22H28ClN7O.C2H4O2/c1-22(2,30-14-16(23)12-24-30)21-25-17-7-8-18(26-19(17)27-21)29-11-5-6-15(13-29)20(31)28-9-3-4-10-28;1-2(3)4/h7-8,12,14-15H,3-6,9-11,13H2,1-2H3,(H,25,26,27);1H3,(H,3,4)/t15-;/m1./s1. The van der Waals surface area contributed by atoms with Gasteiger partial charge in [0.2, 0.25) is 5.91 Å². The van der Waals surface area contributed by atoms with Crippen molar-refractivity contribution in [3.05, 3.63) is 35.4 Å². The number of aliphatic carboxylic acids is 1. The van der Waals surface area contributed by atoms with E-state index >= 15 is 0 Å². The first kappa shape index (κ1) is 25.0. The lowest BCUT2D eigenvalue weighted by Crippen LogP contribution is -2.44. The third-order valence-electron chi connectivity index (χ3n) is 6.55. The van der Waals surface area contributed by atoms with Crippen molar-refractivity contribution < 1.29 is 14.7 Å². The second kappa shape index (κ2) is 10.2. The molecule has 1 atom stereocenters. The maximum atomic E-state index is 12.9. The van der Waals surface area contributed by atoms with Gasteiger partial charge in [0.25, 0.3) is 5.97 Å².